The summed E-state index contributed by atoms with van der Waals surface area (Å²) in [6.45, 7) is 10.6. The van der Waals surface area contributed by atoms with Crippen molar-refractivity contribution in [1.82, 2.24) is 0 Å². The van der Waals surface area contributed by atoms with E-state index in [1.165, 1.54) is 19.3 Å². The molecule has 0 radical (unpaired) electrons. The van der Waals surface area contributed by atoms with Gasteiger partial charge >= 0.3 is 0 Å². The maximum atomic E-state index is 11.2. The Bertz CT molecular complexity index is 716. The van der Waals surface area contributed by atoms with Crippen LogP contribution in [-0.4, -0.2) is 40.9 Å². The van der Waals surface area contributed by atoms with Crippen LogP contribution in [0.3, 0.4) is 0 Å². The molecular weight excluding hydrogens is 388 g/mol. The molecule has 4 saturated carbocycles. The van der Waals surface area contributed by atoms with Gasteiger partial charge in [-0.15, -0.1) is 0 Å². The van der Waals surface area contributed by atoms with Crippen molar-refractivity contribution in [2.75, 3.05) is 6.61 Å². The van der Waals surface area contributed by atoms with Crippen molar-refractivity contribution in [2.45, 2.75) is 110 Å². The Morgan fingerprint density at radius 1 is 0.806 bits per heavy atom. The smallest absolute Gasteiger partial charge is 0.171 e. The summed E-state index contributed by atoms with van der Waals surface area (Å²) in [6, 6.07) is 0. The Hall–Kier alpha value is -0.160. The number of fused-ring (bicyclic) bond motifs is 7. The number of rotatable bonds is 0. The van der Waals surface area contributed by atoms with Gasteiger partial charge in [-0.25, -0.2) is 0 Å². The summed E-state index contributed by atoms with van der Waals surface area (Å²) in [5.41, 5.74) is 0.495. The summed E-state index contributed by atoms with van der Waals surface area (Å²) in [6.07, 6.45) is 9.58. The van der Waals surface area contributed by atoms with Crippen LogP contribution in [0.1, 0.15) is 85.5 Å². The first-order valence-corrected chi connectivity index (χ1v) is 13.4. The molecule has 0 aromatic heterocycles. The molecule has 31 heavy (non-hydrogen) atoms. The molecule has 2 saturated heterocycles. The van der Waals surface area contributed by atoms with Crippen molar-refractivity contribution in [3.63, 3.8) is 0 Å². The first-order valence-electron chi connectivity index (χ1n) is 13.4. The van der Waals surface area contributed by atoms with E-state index in [-0.39, 0.29) is 29.3 Å². The van der Waals surface area contributed by atoms with E-state index in [2.05, 4.69) is 27.7 Å². The molecule has 2 N–H and O–H groups in total. The van der Waals surface area contributed by atoms with E-state index in [0.29, 0.717) is 47.0 Å². The first-order chi connectivity index (χ1) is 14.7. The molecule has 4 aliphatic carbocycles. The van der Waals surface area contributed by atoms with Crippen molar-refractivity contribution in [3.8, 4) is 0 Å². The van der Waals surface area contributed by atoms with Gasteiger partial charge in [-0.2, -0.15) is 0 Å². The molecule has 0 aromatic carbocycles. The molecule has 0 amide bonds. The molecule has 4 heteroatoms. The zero-order chi connectivity index (χ0) is 21.8. The Labute approximate surface area is 188 Å². The normalized spacial score (nSPS) is 63.3. The molecule has 13 atom stereocenters. The molecule has 2 heterocycles. The summed E-state index contributed by atoms with van der Waals surface area (Å²) < 4.78 is 13.3. The van der Waals surface area contributed by atoms with Gasteiger partial charge in [-0.3, -0.25) is 0 Å². The summed E-state index contributed by atoms with van der Waals surface area (Å²) in [7, 11) is 0. The Morgan fingerprint density at radius 3 is 2.32 bits per heavy atom. The topological polar surface area (TPSA) is 58.9 Å². The van der Waals surface area contributed by atoms with E-state index in [9.17, 15) is 10.2 Å². The molecule has 1 spiro atoms. The highest BCUT2D eigenvalue weighted by Crippen LogP contribution is 2.71. The van der Waals surface area contributed by atoms with Crippen LogP contribution in [0.25, 0.3) is 0 Å². The summed E-state index contributed by atoms with van der Waals surface area (Å²) in [4.78, 5) is 0. The molecule has 0 aromatic rings. The van der Waals surface area contributed by atoms with E-state index in [4.69, 9.17) is 9.47 Å². The molecule has 6 rings (SSSR count). The van der Waals surface area contributed by atoms with E-state index < -0.39 is 0 Å². The average Bonchev–Trinajstić information content (AvgIpc) is 3.17. The van der Waals surface area contributed by atoms with E-state index in [1.54, 1.807) is 0 Å². The van der Waals surface area contributed by atoms with Gasteiger partial charge in [0.2, 0.25) is 0 Å². The molecule has 6 aliphatic rings. The fourth-order valence-corrected chi connectivity index (χ4v) is 10.3. The lowest BCUT2D eigenvalue weighted by atomic mass is 9.43. The van der Waals surface area contributed by atoms with Crippen molar-refractivity contribution in [2.24, 2.45) is 52.3 Å². The number of aliphatic hydroxyl groups excluding tert-OH is 2. The lowest BCUT2D eigenvalue weighted by Gasteiger charge is -2.62. The lowest BCUT2D eigenvalue weighted by Crippen LogP contribution is -2.58. The second kappa shape index (κ2) is 6.93. The fraction of sp³-hybridized carbons (Fsp3) is 1.00. The van der Waals surface area contributed by atoms with Gasteiger partial charge in [0.05, 0.1) is 24.9 Å². The predicted octanol–water partition coefficient (Wildman–Crippen LogP) is 4.76. The molecule has 4 nitrogen and oxygen atoms in total. The highest BCUT2D eigenvalue weighted by atomic mass is 16.7. The molecular formula is C27H44O4. The third kappa shape index (κ3) is 2.80. The van der Waals surface area contributed by atoms with Gasteiger partial charge in [-0.1, -0.05) is 27.7 Å². The highest BCUT2D eigenvalue weighted by Gasteiger charge is 2.69. The Balaban J connectivity index is 1.28. The minimum Gasteiger partial charge on any atom is -0.393 e. The van der Waals surface area contributed by atoms with Crippen LogP contribution in [-0.2, 0) is 9.47 Å². The second-order valence-corrected chi connectivity index (χ2v) is 13.2. The summed E-state index contributed by atoms with van der Waals surface area (Å²) in [5.74, 6) is 3.58. The minimum absolute atomic E-state index is 0.191. The van der Waals surface area contributed by atoms with Crippen molar-refractivity contribution >= 4 is 0 Å². The van der Waals surface area contributed by atoms with Crippen LogP contribution in [0.4, 0.5) is 0 Å². The van der Waals surface area contributed by atoms with Crippen molar-refractivity contribution < 1.29 is 19.7 Å². The van der Waals surface area contributed by atoms with Crippen molar-refractivity contribution in [3.05, 3.63) is 0 Å². The number of ether oxygens (including phenoxy) is 2. The van der Waals surface area contributed by atoms with Crippen LogP contribution in [0, 0.1) is 52.3 Å². The zero-order valence-electron chi connectivity index (χ0n) is 20.1. The monoisotopic (exact) mass is 432 g/mol. The number of aliphatic hydroxyl groups is 2. The molecule has 0 unspecified atom stereocenters. The predicted molar refractivity (Wildman–Crippen MR) is 119 cm³/mol. The van der Waals surface area contributed by atoms with Gasteiger partial charge < -0.3 is 19.7 Å². The summed E-state index contributed by atoms with van der Waals surface area (Å²) >= 11 is 0. The maximum absolute atomic E-state index is 11.2. The van der Waals surface area contributed by atoms with Crippen LogP contribution in [0.5, 0.6) is 0 Å². The third-order valence-corrected chi connectivity index (χ3v) is 11.9. The summed E-state index contributed by atoms with van der Waals surface area (Å²) in [5, 5.41) is 21.5. The van der Waals surface area contributed by atoms with Crippen LogP contribution in [0.2, 0.25) is 0 Å². The molecule has 6 fully saturated rings. The van der Waals surface area contributed by atoms with Crippen LogP contribution in [0.15, 0.2) is 0 Å². The SMILES string of the molecule is C[C@@H]1CC[C@]2(OC1)O[C@@H]1C[C@@H]3[C@H]4C[C@H](O)[C@H]5C[C@@H](O)CC[C@]5(C)[C@@H]4CC[C@]3(C)[C@@H]1[C@H]2C. The van der Waals surface area contributed by atoms with E-state index in [0.717, 1.165) is 45.1 Å². The molecule has 2 aliphatic heterocycles. The number of hydrogen-bond donors (Lipinski definition) is 2. The van der Waals surface area contributed by atoms with Crippen LogP contribution < -0.4 is 0 Å². The van der Waals surface area contributed by atoms with E-state index in [1.807, 2.05) is 0 Å². The molecule has 0 bridgehead atoms. The Kier molecular flexibility index (Phi) is 4.78. The second-order valence-electron chi connectivity index (χ2n) is 13.2. The van der Waals surface area contributed by atoms with Gasteiger partial charge in [0.1, 0.15) is 0 Å². The van der Waals surface area contributed by atoms with Crippen LogP contribution >= 0.6 is 0 Å². The van der Waals surface area contributed by atoms with Crippen molar-refractivity contribution in [1.29, 1.82) is 0 Å². The molecule has 176 valence electrons. The maximum Gasteiger partial charge on any atom is 0.171 e. The van der Waals surface area contributed by atoms with Gasteiger partial charge in [0.25, 0.3) is 0 Å². The lowest BCUT2D eigenvalue weighted by molar-refractivity contribution is -0.273. The van der Waals surface area contributed by atoms with Gasteiger partial charge in [-0.05, 0) is 97.7 Å². The fourth-order valence-electron chi connectivity index (χ4n) is 10.3. The van der Waals surface area contributed by atoms with Gasteiger partial charge in [0, 0.05) is 12.3 Å². The quantitative estimate of drug-likeness (QED) is 0.579. The van der Waals surface area contributed by atoms with Gasteiger partial charge in [0.15, 0.2) is 5.79 Å². The standard InChI is InChI=1S/C27H44O4/c1-15-5-10-27(30-14-15)16(2)24-23(31-27)13-20-18-12-22(29)21-11-17(28)6-8-25(21,3)19(18)7-9-26(20,24)4/h15-24,28-29H,5-14H2,1-4H3/t15-,16-,17+,18+,19-,20-,21-,22+,23-,24-,25-,26+,27+/m1/s1. The zero-order valence-corrected chi connectivity index (χ0v) is 20.1. The average molecular weight is 433 g/mol. The largest absolute Gasteiger partial charge is 0.393 e. The number of hydrogen-bond acceptors (Lipinski definition) is 4. The van der Waals surface area contributed by atoms with E-state index >= 15 is 0 Å². The first kappa shape index (κ1) is 21.4. The minimum atomic E-state index is -0.338. The Morgan fingerprint density at radius 2 is 1.58 bits per heavy atom. The third-order valence-electron chi connectivity index (χ3n) is 11.9. The highest BCUT2D eigenvalue weighted by molar-refractivity contribution is 5.16.